The molecule has 3 rings (SSSR count). The summed E-state index contributed by atoms with van der Waals surface area (Å²) >= 11 is 0. The Morgan fingerprint density at radius 2 is 1.02 bits per heavy atom. The predicted molar refractivity (Wildman–Crippen MR) is 195 cm³/mol. The fourth-order valence-corrected chi connectivity index (χ4v) is 7.68. The van der Waals surface area contributed by atoms with E-state index in [1.807, 2.05) is 0 Å². The Morgan fingerprint density at radius 3 is 1.42 bits per heavy atom. The average Bonchev–Trinajstić information content (AvgIpc) is 3.61. The molecule has 0 saturated carbocycles. The number of nitrogens with one attached hydrogen (secondary N) is 1. The van der Waals surface area contributed by atoms with Crippen molar-refractivity contribution in [1.29, 1.82) is 0 Å². The third kappa shape index (κ3) is 14.8. The van der Waals surface area contributed by atoms with Crippen LogP contribution < -0.4 is 11.2 Å². The molecule has 8 heteroatoms. The maximum absolute atomic E-state index is 12.7. The summed E-state index contributed by atoms with van der Waals surface area (Å²) in [5.41, 5.74) is -0.994. The molecule has 1 unspecified atom stereocenters. The van der Waals surface area contributed by atoms with Crippen molar-refractivity contribution >= 4 is 0 Å². The topological polar surface area (TPSA) is 103 Å². The smallest absolute Gasteiger partial charge is 0.330 e. The lowest BCUT2D eigenvalue weighted by Gasteiger charge is -2.31. The number of ether oxygens (including phenoxy) is 3. The molecule has 0 radical (unpaired) electrons. The summed E-state index contributed by atoms with van der Waals surface area (Å²) < 4.78 is 20.9. The van der Waals surface area contributed by atoms with Crippen LogP contribution in [0.3, 0.4) is 0 Å². The summed E-state index contributed by atoms with van der Waals surface area (Å²) in [6.07, 6.45) is 34.7. The lowest BCUT2D eigenvalue weighted by molar-refractivity contribution is -0.228. The van der Waals surface area contributed by atoms with E-state index in [2.05, 4.69) is 18.8 Å². The second kappa shape index (κ2) is 24.6. The Labute approximate surface area is 292 Å². The maximum Gasteiger partial charge on any atom is 0.330 e. The molecule has 1 aromatic heterocycles. The van der Waals surface area contributed by atoms with Crippen LogP contribution in [-0.2, 0) is 14.2 Å². The van der Waals surface area contributed by atoms with E-state index < -0.39 is 41.6 Å². The van der Waals surface area contributed by atoms with Gasteiger partial charge in [-0.25, -0.2) is 4.79 Å². The number of H-pyrrole nitrogens is 1. The van der Waals surface area contributed by atoms with E-state index in [0.29, 0.717) is 0 Å². The van der Waals surface area contributed by atoms with E-state index >= 15 is 0 Å². The number of hydrogen-bond donors (Lipinski definition) is 2. The Morgan fingerprint density at radius 1 is 0.625 bits per heavy atom. The van der Waals surface area contributed by atoms with E-state index in [1.54, 1.807) is 0 Å². The van der Waals surface area contributed by atoms with Gasteiger partial charge in [0.1, 0.15) is 18.3 Å². The molecule has 2 aliphatic rings. The van der Waals surface area contributed by atoms with Crippen molar-refractivity contribution in [2.75, 3.05) is 6.61 Å². The van der Waals surface area contributed by atoms with Gasteiger partial charge in [0.15, 0.2) is 12.0 Å². The summed E-state index contributed by atoms with van der Waals surface area (Å²) in [7, 11) is 0. The van der Waals surface area contributed by atoms with Crippen LogP contribution in [0.1, 0.15) is 200 Å². The van der Waals surface area contributed by atoms with Crippen LogP contribution in [0.4, 0.5) is 0 Å². The van der Waals surface area contributed by atoms with Gasteiger partial charge < -0.3 is 19.3 Å². The molecule has 0 amide bonds. The van der Waals surface area contributed by atoms with Crippen LogP contribution in [-0.4, -0.2) is 45.4 Å². The summed E-state index contributed by atoms with van der Waals surface area (Å²) in [6, 6.07) is 1.32. The molecule has 48 heavy (non-hydrogen) atoms. The first-order valence-electron chi connectivity index (χ1n) is 20.5. The quantitative estimate of drug-likeness (QED) is 0.0787. The Hall–Kier alpha value is -1.48. The molecule has 2 N–H and O–H groups in total. The molecule has 2 saturated heterocycles. The van der Waals surface area contributed by atoms with Gasteiger partial charge in [0.25, 0.3) is 5.56 Å². The standard InChI is InChI=1S/C40H72N2O6/c1-3-5-7-9-11-13-15-17-19-21-23-25-27-30-40(31-28-26-24-22-20-18-16-14-12-10-8-6-4-2)47-36-34(33-43)46-38(37(36)48-40)42-32-29-35(44)41-39(42)45/h29,32,34,36-38,43H,3-28,30-31,33H2,1-2H3,(H,41,44,45)/t34-,36?,37+,38-/m1/s1. The molecule has 0 aliphatic carbocycles. The van der Waals surface area contributed by atoms with Crippen LogP contribution in [0.25, 0.3) is 0 Å². The zero-order valence-electron chi connectivity index (χ0n) is 30.9. The van der Waals surface area contributed by atoms with Gasteiger partial charge in [-0.3, -0.25) is 14.3 Å². The number of nitrogens with zero attached hydrogens (tertiary/aromatic N) is 1. The monoisotopic (exact) mass is 677 g/mol. The van der Waals surface area contributed by atoms with Crippen molar-refractivity contribution in [1.82, 2.24) is 9.55 Å². The third-order valence-corrected chi connectivity index (χ3v) is 10.6. The van der Waals surface area contributed by atoms with Gasteiger partial charge in [-0.2, -0.15) is 0 Å². The highest BCUT2D eigenvalue weighted by molar-refractivity contribution is 5.00. The fourth-order valence-electron chi connectivity index (χ4n) is 7.68. The van der Waals surface area contributed by atoms with E-state index in [9.17, 15) is 14.7 Å². The molecule has 1 aromatic rings. The number of aliphatic hydroxyl groups excluding tert-OH is 1. The van der Waals surface area contributed by atoms with Gasteiger partial charge in [0, 0.05) is 25.1 Å². The molecule has 3 heterocycles. The SMILES string of the molecule is CCCCCCCCCCCCCCCC1(CCCCCCCCCCCCCCC)OC2[C@@H](CO)O[C@@H](n3ccc(=O)[nH]c3=O)[C@H]2O1. The van der Waals surface area contributed by atoms with Gasteiger partial charge in [0.2, 0.25) is 0 Å². The van der Waals surface area contributed by atoms with E-state index in [1.165, 1.54) is 158 Å². The molecule has 0 bridgehead atoms. The number of aliphatic hydroxyl groups is 1. The van der Waals surface area contributed by atoms with E-state index in [-0.39, 0.29) is 6.61 Å². The zero-order valence-corrected chi connectivity index (χ0v) is 30.9. The van der Waals surface area contributed by atoms with Crippen molar-refractivity contribution in [3.05, 3.63) is 33.1 Å². The second-order valence-corrected chi connectivity index (χ2v) is 14.8. The van der Waals surface area contributed by atoms with Crippen molar-refractivity contribution in [3.63, 3.8) is 0 Å². The summed E-state index contributed by atoms with van der Waals surface area (Å²) in [5.74, 6) is -0.730. The highest BCUT2D eigenvalue weighted by atomic mass is 16.8. The number of unbranched alkanes of at least 4 members (excludes halogenated alkanes) is 24. The minimum absolute atomic E-state index is 0.216. The van der Waals surface area contributed by atoms with E-state index in [0.717, 1.165) is 38.5 Å². The molecule has 0 aromatic carbocycles. The molecule has 278 valence electrons. The largest absolute Gasteiger partial charge is 0.394 e. The van der Waals surface area contributed by atoms with Gasteiger partial charge >= 0.3 is 5.69 Å². The van der Waals surface area contributed by atoms with E-state index in [4.69, 9.17) is 14.2 Å². The maximum atomic E-state index is 12.7. The van der Waals surface area contributed by atoms with Crippen LogP contribution >= 0.6 is 0 Å². The Kier molecular flexibility index (Phi) is 21.0. The van der Waals surface area contributed by atoms with Crippen LogP contribution in [0.15, 0.2) is 21.9 Å². The normalized spacial score (nSPS) is 21.6. The number of hydrogen-bond acceptors (Lipinski definition) is 6. The molecule has 4 atom stereocenters. The first-order valence-corrected chi connectivity index (χ1v) is 20.5. The summed E-state index contributed by atoms with van der Waals surface area (Å²) in [6.45, 7) is 4.33. The molecule has 2 fully saturated rings. The van der Waals surface area contributed by atoms with Crippen molar-refractivity contribution in [3.8, 4) is 0 Å². The highest BCUT2D eigenvalue weighted by Crippen LogP contribution is 2.46. The summed E-state index contributed by atoms with van der Waals surface area (Å²) in [4.78, 5) is 26.7. The number of aromatic amines is 1. The number of aromatic nitrogens is 2. The third-order valence-electron chi connectivity index (χ3n) is 10.6. The van der Waals surface area contributed by atoms with Gasteiger partial charge in [-0.1, -0.05) is 168 Å². The lowest BCUT2D eigenvalue weighted by Crippen LogP contribution is -2.38. The lowest BCUT2D eigenvalue weighted by atomic mass is 9.98. The van der Waals surface area contributed by atoms with Crippen molar-refractivity contribution in [2.45, 2.75) is 224 Å². The predicted octanol–water partition coefficient (Wildman–Crippen LogP) is 9.87. The minimum Gasteiger partial charge on any atom is -0.394 e. The van der Waals surface area contributed by atoms with Crippen LogP contribution in [0.5, 0.6) is 0 Å². The molecular formula is C40H72N2O6. The fraction of sp³-hybridized carbons (Fsp3) is 0.900. The minimum atomic E-state index is -0.753. The molecular weight excluding hydrogens is 604 g/mol. The average molecular weight is 677 g/mol. The molecule has 8 nitrogen and oxygen atoms in total. The Balaban J connectivity index is 1.43. The zero-order chi connectivity index (χ0) is 34.3. The Bertz CT molecular complexity index is 1030. The van der Waals surface area contributed by atoms with Crippen molar-refractivity contribution in [2.24, 2.45) is 0 Å². The summed E-state index contributed by atoms with van der Waals surface area (Å²) in [5, 5.41) is 10.2. The van der Waals surface area contributed by atoms with Gasteiger partial charge in [-0.15, -0.1) is 0 Å². The van der Waals surface area contributed by atoms with Crippen molar-refractivity contribution < 1.29 is 19.3 Å². The number of rotatable bonds is 30. The second-order valence-electron chi connectivity index (χ2n) is 14.8. The van der Waals surface area contributed by atoms with Gasteiger partial charge in [-0.05, 0) is 12.8 Å². The highest BCUT2D eigenvalue weighted by Gasteiger charge is 2.58. The van der Waals surface area contributed by atoms with Crippen LogP contribution in [0, 0.1) is 0 Å². The number of fused-ring (bicyclic) bond motifs is 1. The first-order chi connectivity index (χ1) is 23.5. The van der Waals surface area contributed by atoms with Gasteiger partial charge in [0.05, 0.1) is 6.61 Å². The molecule has 2 aliphatic heterocycles. The molecule has 0 spiro atoms. The first kappa shape index (κ1) is 40.9. The van der Waals surface area contributed by atoms with Crippen LogP contribution in [0.2, 0.25) is 0 Å².